The van der Waals surface area contributed by atoms with Crippen molar-refractivity contribution < 1.29 is 32.5 Å². The zero-order chi connectivity index (χ0) is 25.3. The number of carbonyl (C=O) groups is 1. The van der Waals surface area contributed by atoms with Crippen molar-refractivity contribution in [3.63, 3.8) is 0 Å². The molecule has 182 valence electrons. The normalized spacial score (nSPS) is 12.9. The summed E-state index contributed by atoms with van der Waals surface area (Å²) in [7, 11) is 3.85. The summed E-state index contributed by atoms with van der Waals surface area (Å²) >= 11 is 0. The maximum absolute atomic E-state index is 13.3. The molecule has 11 heteroatoms. The zero-order valence-electron chi connectivity index (χ0n) is 19.4. The second-order valence-corrected chi connectivity index (χ2v) is 6.95. The summed E-state index contributed by atoms with van der Waals surface area (Å²) in [5, 5.41) is 13.5. The van der Waals surface area contributed by atoms with E-state index in [0.717, 1.165) is 12.7 Å². The van der Waals surface area contributed by atoms with E-state index in [2.05, 4.69) is 25.6 Å². The van der Waals surface area contributed by atoms with Crippen LogP contribution in [0.15, 0.2) is 57.9 Å². The number of amides is 1. The fourth-order valence-electron chi connectivity index (χ4n) is 3.04. The van der Waals surface area contributed by atoms with Crippen molar-refractivity contribution in [1.29, 1.82) is 0 Å². The molecule has 0 fully saturated rings. The maximum atomic E-state index is 13.3. The SMILES string of the molecule is CNC(=O)/C(=N/OC)c1cccc(C)c1CO/N=C(\C)c1cccc(/C(=N/OC)C(F)(F)F)c1. The van der Waals surface area contributed by atoms with E-state index in [1.165, 1.54) is 32.4 Å². The van der Waals surface area contributed by atoms with Crippen LogP contribution in [-0.2, 0) is 25.9 Å². The van der Waals surface area contributed by atoms with E-state index >= 15 is 0 Å². The molecule has 0 atom stereocenters. The molecular weight excluding hydrogens is 453 g/mol. The van der Waals surface area contributed by atoms with Gasteiger partial charge in [0, 0.05) is 23.7 Å². The second kappa shape index (κ2) is 11.8. The average Bonchev–Trinajstić information content (AvgIpc) is 2.80. The van der Waals surface area contributed by atoms with Crippen molar-refractivity contribution in [3.05, 3.63) is 70.3 Å². The van der Waals surface area contributed by atoms with Crippen molar-refractivity contribution in [2.24, 2.45) is 15.5 Å². The lowest BCUT2D eigenvalue weighted by Crippen LogP contribution is -2.29. The maximum Gasteiger partial charge on any atom is 0.437 e. The number of oxime groups is 3. The lowest BCUT2D eigenvalue weighted by atomic mass is 9.98. The number of carbonyl (C=O) groups excluding carboxylic acids is 1. The Hall–Kier alpha value is -3.89. The lowest BCUT2D eigenvalue weighted by Gasteiger charge is -2.13. The summed E-state index contributed by atoms with van der Waals surface area (Å²) in [6.45, 7) is 3.42. The number of nitrogens with zero attached hydrogens (tertiary/aromatic N) is 3. The number of hydrogen-bond donors (Lipinski definition) is 1. The van der Waals surface area contributed by atoms with Crippen molar-refractivity contribution in [1.82, 2.24) is 5.32 Å². The molecule has 0 radical (unpaired) electrons. The average molecular weight is 478 g/mol. The van der Waals surface area contributed by atoms with E-state index < -0.39 is 17.8 Å². The predicted molar refractivity (Wildman–Crippen MR) is 122 cm³/mol. The van der Waals surface area contributed by atoms with Crippen LogP contribution in [0.1, 0.15) is 34.7 Å². The molecule has 0 bridgehead atoms. The zero-order valence-corrected chi connectivity index (χ0v) is 19.4. The van der Waals surface area contributed by atoms with Crippen molar-refractivity contribution >= 4 is 23.0 Å². The van der Waals surface area contributed by atoms with Gasteiger partial charge in [-0.1, -0.05) is 51.9 Å². The minimum Gasteiger partial charge on any atom is -0.399 e. The first kappa shape index (κ1) is 26.4. The van der Waals surface area contributed by atoms with Gasteiger partial charge in [-0.05, 0) is 31.0 Å². The third kappa shape index (κ3) is 6.56. The standard InChI is InChI=1S/C23H25F3N4O4/c1-14-8-6-11-18(20(29-32-4)22(31)27-3)19(14)13-34-28-15(2)16-9-7-10-17(12-16)21(30-33-5)23(24,25)26/h6-12H,13H2,1-5H3,(H,27,31)/b28-15+,29-20+,30-21-. The Morgan fingerprint density at radius 1 is 1.00 bits per heavy atom. The van der Waals surface area contributed by atoms with Crippen molar-refractivity contribution in [3.8, 4) is 0 Å². The summed E-state index contributed by atoms with van der Waals surface area (Å²) in [6.07, 6.45) is -4.69. The van der Waals surface area contributed by atoms with Crippen molar-refractivity contribution in [2.75, 3.05) is 21.3 Å². The van der Waals surface area contributed by atoms with Gasteiger partial charge in [-0.25, -0.2) is 0 Å². The summed E-state index contributed by atoms with van der Waals surface area (Å²) < 4.78 is 39.8. The van der Waals surface area contributed by atoms with Crippen LogP contribution in [0.2, 0.25) is 0 Å². The Labute approximate surface area is 195 Å². The van der Waals surface area contributed by atoms with Crippen molar-refractivity contribution in [2.45, 2.75) is 26.6 Å². The minimum atomic E-state index is -4.69. The third-order valence-electron chi connectivity index (χ3n) is 4.71. The van der Waals surface area contributed by atoms with Gasteiger partial charge in [0.05, 0.1) is 5.71 Å². The number of alkyl halides is 3. The topological polar surface area (TPSA) is 93.9 Å². The first-order chi connectivity index (χ1) is 16.1. The smallest absolute Gasteiger partial charge is 0.399 e. The number of nitrogens with one attached hydrogen (secondary N) is 1. The molecule has 1 amide bonds. The van der Waals surface area contributed by atoms with E-state index in [-0.39, 0.29) is 17.9 Å². The summed E-state index contributed by atoms with van der Waals surface area (Å²) in [5.74, 6) is -0.441. The highest BCUT2D eigenvalue weighted by atomic mass is 19.4. The van der Waals surface area contributed by atoms with E-state index in [9.17, 15) is 18.0 Å². The number of benzene rings is 2. The van der Waals surface area contributed by atoms with Gasteiger partial charge in [-0.2, -0.15) is 13.2 Å². The molecule has 0 saturated carbocycles. The van der Waals surface area contributed by atoms with Gasteiger partial charge in [0.2, 0.25) is 0 Å². The second-order valence-electron chi connectivity index (χ2n) is 6.95. The molecule has 0 heterocycles. The molecule has 0 spiro atoms. The molecule has 2 aromatic carbocycles. The Bertz CT molecular complexity index is 1110. The Balaban J connectivity index is 2.32. The molecule has 0 aliphatic carbocycles. The largest absolute Gasteiger partial charge is 0.437 e. The lowest BCUT2D eigenvalue weighted by molar-refractivity contribution is -0.114. The summed E-state index contributed by atoms with van der Waals surface area (Å²) in [4.78, 5) is 26.9. The molecule has 2 rings (SSSR count). The van der Waals surface area contributed by atoms with Gasteiger partial charge in [0.25, 0.3) is 5.91 Å². The third-order valence-corrected chi connectivity index (χ3v) is 4.71. The highest BCUT2D eigenvalue weighted by Gasteiger charge is 2.38. The van der Waals surface area contributed by atoms with Crippen LogP contribution in [-0.4, -0.2) is 50.5 Å². The van der Waals surface area contributed by atoms with Gasteiger partial charge in [0.1, 0.15) is 20.8 Å². The van der Waals surface area contributed by atoms with Gasteiger partial charge in [-0.3, -0.25) is 4.79 Å². The van der Waals surface area contributed by atoms with Crippen LogP contribution in [0.3, 0.4) is 0 Å². The highest BCUT2D eigenvalue weighted by molar-refractivity contribution is 6.45. The Kier molecular flexibility index (Phi) is 9.17. The molecular formula is C23H25F3N4O4. The highest BCUT2D eigenvalue weighted by Crippen LogP contribution is 2.24. The van der Waals surface area contributed by atoms with Crippen LogP contribution in [0.5, 0.6) is 0 Å². The van der Waals surface area contributed by atoms with Crippen LogP contribution >= 0.6 is 0 Å². The number of halogens is 3. The van der Waals surface area contributed by atoms with E-state index in [1.54, 1.807) is 25.1 Å². The quantitative estimate of drug-likeness (QED) is 0.436. The van der Waals surface area contributed by atoms with E-state index in [1.807, 2.05) is 13.0 Å². The summed E-state index contributed by atoms with van der Waals surface area (Å²) in [6, 6.07) is 10.9. The fourth-order valence-corrected chi connectivity index (χ4v) is 3.04. The van der Waals surface area contributed by atoms with Gasteiger partial charge in [0.15, 0.2) is 11.4 Å². The first-order valence-corrected chi connectivity index (χ1v) is 10.0. The molecule has 8 nitrogen and oxygen atoms in total. The van der Waals surface area contributed by atoms with E-state index in [4.69, 9.17) is 9.68 Å². The van der Waals surface area contributed by atoms with Gasteiger partial charge < -0.3 is 19.8 Å². The monoisotopic (exact) mass is 478 g/mol. The van der Waals surface area contributed by atoms with Gasteiger partial charge >= 0.3 is 6.18 Å². The minimum absolute atomic E-state index is 0.0162. The van der Waals surface area contributed by atoms with Gasteiger partial charge in [-0.15, -0.1) is 0 Å². The van der Waals surface area contributed by atoms with Crippen LogP contribution in [0, 0.1) is 6.92 Å². The van der Waals surface area contributed by atoms with Crippen LogP contribution < -0.4 is 5.32 Å². The number of rotatable bonds is 9. The van der Waals surface area contributed by atoms with Crippen LogP contribution in [0.4, 0.5) is 13.2 Å². The first-order valence-electron chi connectivity index (χ1n) is 10.0. The molecule has 2 aromatic rings. The molecule has 0 unspecified atom stereocenters. The molecule has 0 saturated heterocycles. The molecule has 1 N–H and O–H groups in total. The molecule has 0 aromatic heterocycles. The molecule has 34 heavy (non-hydrogen) atoms. The van der Waals surface area contributed by atoms with E-state index in [0.29, 0.717) is 22.4 Å². The Morgan fingerprint density at radius 2 is 1.65 bits per heavy atom. The predicted octanol–water partition coefficient (Wildman–Crippen LogP) is 3.95. The number of likely N-dealkylation sites (N-methyl/N-ethyl adjacent to an activating group) is 1. The Morgan fingerprint density at radius 3 is 2.26 bits per heavy atom. The molecule has 0 aliphatic heterocycles. The fraction of sp³-hybridized carbons (Fsp3) is 0.304. The summed E-state index contributed by atoms with van der Waals surface area (Å²) in [5.41, 5.74) is 1.46. The number of aryl methyl sites for hydroxylation is 1. The number of hydrogen-bond acceptors (Lipinski definition) is 7. The van der Waals surface area contributed by atoms with Crippen LogP contribution in [0.25, 0.3) is 0 Å². The molecule has 0 aliphatic rings.